The fourth-order valence-corrected chi connectivity index (χ4v) is 8.57. The quantitative estimate of drug-likeness (QED) is 0.184. The summed E-state index contributed by atoms with van der Waals surface area (Å²) >= 11 is 1.59. The van der Waals surface area contributed by atoms with Crippen molar-refractivity contribution in [3.63, 3.8) is 0 Å². The van der Waals surface area contributed by atoms with Crippen molar-refractivity contribution in [2.75, 3.05) is 87.2 Å². The third kappa shape index (κ3) is 8.37. The molecule has 0 spiro atoms. The van der Waals surface area contributed by atoms with Crippen LogP contribution in [-0.4, -0.2) is 82.3 Å². The zero-order chi connectivity index (χ0) is 36.1. The van der Waals surface area contributed by atoms with Crippen LogP contribution >= 0.6 is 11.8 Å². The van der Waals surface area contributed by atoms with Gasteiger partial charge in [-0.15, -0.1) is 0 Å². The number of alkyl halides is 3. The van der Waals surface area contributed by atoms with Gasteiger partial charge >= 0.3 is 6.18 Å². The first kappa shape index (κ1) is 37.1. The van der Waals surface area contributed by atoms with Crippen LogP contribution < -0.4 is 14.7 Å². The minimum absolute atomic E-state index is 0.604. The van der Waals surface area contributed by atoms with Crippen molar-refractivity contribution in [2.45, 2.75) is 51.6 Å². The van der Waals surface area contributed by atoms with Gasteiger partial charge in [-0.3, -0.25) is 0 Å². The molecule has 51 heavy (non-hydrogen) atoms. The Morgan fingerprint density at radius 2 is 1.31 bits per heavy atom. The van der Waals surface area contributed by atoms with E-state index in [0.717, 1.165) is 104 Å². The monoisotopic (exact) mass is 715 g/mol. The Balaban J connectivity index is 1.43. The van der Waals surface area contributed by atoms with E-state index in [-0.39, 0.29) is 0 Å². The Bertz CT molecular complexity index is 1670. The summed E-state index contributed by atoms with van der Waals surface area (Å²) in [6.07, 6.45) is 1.72. The number of hydrogen-bond donors (Lipinski definition) is 0. The van der Waals surface area contributed by atoms with Crippen LogP contribution in [0.2, 0.25) is 0 Å². The van der Waals surface area contributed by atoms with Crippen molar-refractivity contribution in [3.05, 3.63) is 112 Å². The molecule has 3 aromatic rings. The molecule has 3 aliphatic rings. The van der Waals surface area contributed by atoms with Crippen molar-refractivity contribution >= 4 is 34.4 Å². The maximum atomic E-state index is 14.1. The molecule has 0 aromatic heterocycles. The van der Waals surface area contributed by atoms with E-state index in [1.165, 1.54) is 29.1 Å². The smallest absolute Gasteiger partial charge is 0.372 e. The molecule has 0 saturated carbocycles. The van der Waals surface area contributed by atoms with Crippen LogP contribution in [0.1, 0.15) is 57.2 Å². The highest BCUT2D eigenvalue weighted by Gasteiger charge is 2.35. The Kier molecular flexibility index (Phi) is 11.9. The molecule has 6 rings (SSSR count). The van der Waals surface area contributed by atoms with Gasteiger partial charge in [0.1, 0.15) is 0 Å². The third-order valence-corrected chi connectivity index (χ3v) is 11.7. The standard InChI is InChI=1S/C42H52F3N5S/c1-6-48(7-2)35-17-11-31(12-18-35)41(32-13-19-36(20-14-32)49(8-3)9-4)33-15-21-39-37(29-33)50(24-10-23-47-27-25-46(5)26-28-47)38-30-34(42(43,44)45)16-22-40(38)51-39/h11-14,16-22,29-30H,6-10,15,23-28H2,1-5H3. The van der Waals surface area contributed by atoms with Crippen LogP contribution in [0.4, 0.5) is 30.2 Å². The van der Waals surface area contributed by atoms with Crippen molar-refractivity contribution in [2.24, 2.45) is 0 Å². The Morgan fingerprint density at radius 1 is 0.745 bits per heavy atom. The zero-order valence-corrected chi connectivity index (χ0v) is 31.6. The number of thioether (sulfide) groups is 1. The summed E-state index contributed by atoms with van der Waals surface area (Å²) in [5, 5.41) is 0. The summed E-state index contributed by atoms with van der Waals surface area (Å²) in [6.45, 7) is 18.1. The molecule has 0 radical (unpaired) electrons. The zero-order valence-electron chi connectivity index (χ0n) is 30.8. The van der Waals surface area contributed by atoms with Crippen LogP contribution in [0.5, 0.6) is 0 Å². The van der Waals surface area contributed by atoms with Crippen molar-refractivity contribution in [1.29, 1.82) is 0 Å². The lowest BCUT2D eigenvalue weighted by molar-refractivity contribution is -0.137. The van der Waals surface area contributed by atoms with E-state index in [4.69, 9.17) is 0 Å². The highest BCUT2D eigenvalue weighted by atomic mass is 32.2. The maximum Gasteiger partial charge on any atom is 0.416 e. The fraction of sp³-hybridized carbons (Fsp3) is 0.429. The van der Waals surface area contributed by atoms with Gasteiger partial charge in [0.15, 0.2) is 0 Å². The molecule has 5 nitrogen and oxygen atoms in total. The van der Waals surface area contributed by atoms with Gasteiger partial charge in [-0.2, -0.15) is 13.2 Å². The highest BCUT2D eigenvalue weighted by Crippen LogP contribution is 2.50. The minimum Gasteiger partial charge on any atom is -0.372 e. The van der Waals surface area contributed by atoms with Gasteiger partial charge in [-0.1, -0.05) is 42.1 Å². The van der Waals surface area contributed by atoms with Gasteiger partial charge in [0.2, 0.25) is 0 Å². The van der Waals surface area contributed by atoms with E-state index >= 15 is 0 Å². The Hall–Kier alpha value is -3.66. The van der Waals surface area contributed by atoms with Gasteiger partial charge in [0.05, 0.1) is 16.9 Å². The lowest BCUT2D eigenvalue weighted by Gasteiger charge is -2.38. The van der Waals surface area contributed by atoms with Gasteiger partial charge in [0, 0.05) is 80.1 Å². The van der Waals surface area contributed by atoms with Crippen LogP contribution in [0.3, 0.4) is 0 Å². The number of nitrogens with zero attached hydrogens (tertiary/aromatic N) is 5. The van der Waals surface area contributed by atoms with Crippen molar-refractivity contribution in [1.82, 2.24) is 9.80 Å². The number of halogens is 3. The maximum absolute atomic E-state index is 14.1. The summed E-state index contributed by atoms with van der Waals surface area (Å²) < 4.78 is 42.2. The molecule has 272 valence electrons. The molecular formula is C42H52F3N5S. The third-order valence-electron chi connectivity index (χ3n) is 10.5. The van der Waals surface area contributed by atoms with Gasteiger partial charge < -0.3 is 24.5 Å². The second kappa shape index (κ2) is 16.3. The number of fused-ring (bicyclic) bond motifs is 2. The van der Waals surface area contributed by atoms with Crippen LogP contribution in [0.25, 0.3) is 5.57 Å². The molecule has 1 saturated heterocycles. The van der Waals surface area contributed by atoms with E-state index < -0.39 is 11.7 Å². The summed E-state index contributed by atoms with van der Waals surface area (Å²) in [5.74, 6) is 0. The SMILES string of the molecule is CCN(CC)c1ccc(C(=C2C=C3C(=CC2)Sc2ccc(C(F)(F)F)cc2N3CCCN2CCN(C)CC2)c2ccc(N(CC)CC)cc2)cc1. The topological polar surface area (TPSA) is 16.2 Å². The van der Waals surface area contributed by atoms with E-state index in [0.29, 0.717) is 12.2 Å². The molecule has 1 fully saturated rings. The molecule has 2 heterocycles. The molecule has 0 N–H and O–H groups in total. The number of piperazine rings is 1. The molecule has 0 amide bonds. The van der Waals surface area contributed by atoms with Gasteiger partial charge in [-0.25, -0.2) is 0 Å². The van der Waals surface area contributed by atoms with Crippen LogP contribution in [0, 0.1) is 0 Å². The van der Waals surface area contributed by atoms with Crippen molar-refractivity contribution < 1.29 is 13.2 Å². The van der Waals surface area contributed by atoms with E-state index in [1.54, 1.807) is 17.8 Å². The van der Waals surface area contributed by atoms with Gasteiger partial charge in [-0.05, 0) is 125 Å². The Morgan fingerprint density at radius 3 is 1.84 bits per heavy atom. The van der Waals surface area contributed by atoms with Crippen molar-refractivity contribution in [3.8, 4) is 0 Å². The average molecular weight is 716 g/mol. The molecule has 1 aliphatic carbocycles. The predicted molar refractivity (Wildman–Crippen MR) is 210 cm³/mol. The fourth-order valence-electron chi connectivity index (χ4n) is 7.48. The molecule has 3 aromatic carbocycles. The molecule has 9 heteroatoms. The summed E-state index contributed by atoms with van der Waals surface area (Å²) in [6, 6.07) is 22.0. The number of rotatable bonds is 12. The molecule has 0 atom stereocenters. The first-order valence-corrected chi connectivity index (χ1v) is 19.4. The molecule has 0 unspecified atom stereocenters. The summed E-state index contributed by atoms with van der Waals surface area (Å²) in [7, 11) is 2.15. The van der Waals surface area contributed by atoms with E-state index in [9.17, 15) is 13.2 Å². The predicted octanol–water partition coefficient (Wildman–Crippen LogP) is 9.62. The highest BCUT2D eigenvalue weighted by molar-refractivity contribution is 8.03. The largest absolute Gasteiger partial charge is 0.416 e. The second-order valence-corrected chi connectivity index (χ2v) is 14.7. The second-order valence-electron chi connectivity index (χ2n) is 13.6. The molecule has 0 bridgehead atoms. The lowest BCUT2D eigenvalue weighted by Crippen LogP contribution is -2.45. The first-order valence-electron chi connectivity index (χ1n) is 18.6. The van der Waals surface area contributed by atoms with E-state index in [1.807, 2.05) is 0 Å². The summed E-state index contributed by atoms with van der Waals surface area (Å²) in [5.41, 5.74) is 8.02. The molecule has 2 aliphatic heterocycles. The van der Waals surface area contributed by atoms with Crippen LogP contribution in [-0.2, 0) is 6.18 Å². The lowest BCUT2D eigenvalue weighted by atomic mass is 9.88. The number of benzene rings is 3. The number of likely N-dealkylation sites (N-methyl/N-ethyl adjacent to an activating group) is 1. The average Bonchev–Trinajstić information content (AvgIpc) is 3.14. The first-order chi connectivity index (χ1) is 24.6. The van der Waals surface area contributed by atoms with E-state index in [2.05, 4.69) is 120 Å². The normalized spacial score (nSPS) is 16.7. The molecular weight excluding hydrogens is 664 g/mol. The minimum atomic E-state index is -4.41. The number of anilines is 3. The van der Waals surface area contributed by atoms with Gasteiger partial charge in [0.25, 0.3) is 0 Å². The summed E-state index contributed by atoms with van der Waals surface area (Å²) in [4.78, 5) is 13.7. The number of hydrogen-bond acceptors (Lipinski definition) is 6. The Labute approximate surface area is 307 Å². The van der Waals surface area contributed by atoms with Crippen LogP contribution in [0.15, 0.2) is 100.0 Å². The number of allylic oxidation sites excluding steroid dienone is 3.